The minimum Gasteiger partial charge on any atom is -0.459 e. The number of rotatable bonds is 4. The smallest absolute Gasteiger partial charge is 0.303 e. The SMILES string of the molecule is C=C1C[C@H]2O[C@H]([C@H]3[C@@H]2[C@](C)(OC(C)=O)CC[C@@H]3C(C)C)[C@](C)(OC(C)=O)CC[C@@H]1OC. The lowest BCUT2D eigenvalue weighted by molar-refractivity contribution is -0.181. The quantitative estimate of drug-likeness (QED) is 0.479. The summed E-state index contributed by atoms with van der Waals surface area (Å²) >= 11 is 0. The van der Waals surface area contributed by atoms with Crippen LogP contribution in [0.1, 0.15) is 73.6 Å². The molecule has 2 aliphatic heterocycles. The molecule has 3 rings (SSSR count). The Balaban J connectivity index is 2.13. The van der Waals surface area contributed by atoms with Crippen molar-refractivity contribution < 1.29 is 28.5 Å². The number of ether oxygens (including phenoxy) is 4. The molecule has 3 aliphatic rings. The summed E-state index contributed by atoms with van der Waals surface area (Å²) in [6, 6.07) is 0. The van der Waals surface area contributed by atoms with E-state index in [-0.39, 0.29) is 42.1 Å². The van der Waals surface area contributed by atoms with Gasteiger partial charge in [0.05, 0.1) is 12.2 Å². The second-order valence-corrected chi connectivity index (χ2v) is 10.6. The maximum Gasteiger partial charge on any atom is 0.303 e. The summed E-state index contributed by atoms with van der Waals surface area (Å²) in [5.41, 5.74) is -0.427. The van der Waals surface area contributed by atoms with Crippen LogP contribution in [-0.4, -0.2) is 48.6 Å². The highest BCUT2D eigenvalue weighted by molar-refractivity contribution is 5.67. The van der Waals surface area contributed by atoms with Gasteiger partial charge in [0.25, 0.3) is 0 Å². The highest BCUT2D eigenvalue weighted by atomic mass is 16.6. The molecule has 8 atom stereocenters. The van der Waals surface area contributed by atoms with Crippen LogP contribution in [0.2, 0.25) is 0 Å². The Labute approximate surface area is 187 Å². The topological polar surface area (TPSA) is 71.1 Å². The first kappa shape index (κ1) is 24.2. The van der Waals surface area contributed by atoms with Gasteiger partial charge in [-0.15, -0.1) is 0 Å². The minimum absolute atomic E-state index is 0.00443. The molecule has 1 aliphatic carbocycles. The summed E-state index contributed by atoms with van der Waals surface area (Å²) < 4.78 is 24.5. The molecule has 0 spiro atoms. The molecule has 0 radical (unpaired) electrons. The van der Waals surface area contributed by atoms with Crippen molar-refractivity contribution in [2.45, 2.75) is 103 Å². The third-order valence-electron chi connectivity index (χ3n) is 7.98. The van der Waals surface area contributed by atoms with Crippen molar-refractivity contribution in [2.75, 3.05) is 7.11 Å². The second-order valence-electron chi connectivity index (χ2n) is 10.6. The summed E-state index contributed by atoms with van der Waals surface area (Å²) in [5, 5.41) is 0. The Kier molecular flexibility index (Phi) is 6.93. The Morgan fingerprint density at radius 1 is 1.06 bits per heavy atom. The van der Waals surface area contributed by atoms with Crippen LogP contribution >= 0.6 is 0 Å². The highest BCUT2D eigenvalue weighted by Gasteiger charge is 2.64. The van der Waals surface area contributed by atoms with Crippen LogP contribution in [0.25, 0.3) is 0 Å². The maximum absolute atomic E-state index is 12.1. The standard InChI is InChI=1S/C25H40O6/c1-14(2)18-9-11-24(6,30-16(4)26)22-20-13-15(3)19(28-8)10-12-25(7,31-17(5)27)23(29-20)21(18)22/h14,18-23H,3,9-13H2,1-2,4-8H3/t18-,19+,20-,21-,22-,23-,24-,25-/m1/s1. The molecular formula is C25H40O6. The third-order valence-corrected chi connectivity index (χ3v) is 7.98. The van der Waals surface area contributed by atoms with E-state index in [0.29, 0.717) is 24.7 Å². The van der Waals surface area contributed by atoms with Gasteiger partial charge in [0.15, 0.2) is 0 Å². The Bertz CT molecular complexity index is 717. The van der Waals surface area contributed by atoms with Gasteiger partial charge < -0.3 is 18.9 Å². The lowest BCUT2D eigenvalue weighted by atomic mass is 9.57. The number of fused-ring (bicyclic) bond motifs is 5. The number of hydrogen-bond acceptors (Lipinski definition) is 6. The predicted molar refractivity (Wildman–Crippen MR) is 117 cm³/mol. The van der Waals surface area contributed by atoms with E-state index < -0.39 is 11.2 Å². The molecule has 31 heavy (non-hydrogen) atoms. The molecule has 0 N–H and O–H groups in total. The molecule has 0 aromatic rings. The lowest BCUT2D eigenvalue weighted by Gasteiger charge is -2.50. The van der Waals surface area contributed by atoms with Crippen molar-refractivity contribution in [3.63, 3.8) is 0 Å². The van der Waals surface area contributed by atoms with Crippen LogP contribution < -0.4 is 0 Å². The van der Waals surface area contributed by atoms with Gasteiger partial charge in [0, 0.05) is 32.8 Å². The van der Waals surface area contributed by atoms with Crippen molar-refractivity contribution in [2.24, 2.45) is 23.7 Å². The zero-order valence-electron chi connectivity index (χ0n) is 20.2. The average Bonchev–Trinajstić information content (AvgIpc) is 3.03. The van der Waals surface area contributed by atoms with Gasteiger partial charge in [0.2, 0.25) is 0 Å². The van der Waals surface area contributed by atoms with Crippen molar-refractivity contribution in [3.05, 3.63) is 12.2 Å². The summed E-state index contributed by atoms with van der Waals surface area (Å²) in [6.45, 7) is 15.8. The summed E-state index contributed by atoms with van der Waals surface area (Å²) in [4.78, 5) is 24.2. The number of carbonyl (C=O) groups excluding carboxylic acids is 2. The normalized spacial score (nSPS) is 42.9. The Morgan fingerprint density at radius 3 is 2.19 bits per heavy atom. The molecule has 6 nitrogen and oxygen atoms in total. The summed E-state index contributed by atoms with van der Waals surface area (Å²) in [6.07, 6.45) is 3.18. The van der Waals surface area contributed by atoms with Gasteiger partial charge >= 0.3 is 11.9 Å². The molecule has 0 aromatic heterocycles. The molecule has 2 heterocycles. The Hall–Kier alpha value is -1.40. The van der Waals surface area contributed by atoms with Crippen LogP contribution in [-0.2, 0) is 28.5 Å². The van der Waals surface area contributed by atoms with Crippen LogP contribution in [0.5, 0.6) is 0 Å². The molecule has 0 amide bonds. The largest absolute Gasteiger partial charge is 0.459 e. The predicted octanol–water partition coefficient (Wildman–Crippen LogP) is 4.45. The zero-order valence-corrected chi connectivity index (χ0v) is 20.2. The van der Waals surface area contributed by atoms with Crippen LogP contribution in [0, 0.1) is 23.7 Å². The first-order valence-corrected chi connectivity index (χ1v) is 11.7. The number of esters is 2. The van der Waals surface area contributed by atoms with E-state index in [1.54, 1.807) is 7.11 Å². The van der Waals surface area contributed by atoms with Crippen LogP contribution in [0.15, 0.2) is 12.2 Å². The molecule has 2 bridgehead atoms. The molecule has 176 valence electrons. The first-order valence-electron chi connectivity index (χ1n) is 11.7. The van der Waals surface area contributed by atoms with Crippen LogP contribution in [0.3, 0.4) is 0 Å². The second kappa shape index (κ2) is 8.86. The van der Waals surface area contributed by atoms with E-state index in [0.717, 1.165) is 24.8 Å². The maximum atomic E-state index is 12.1. The third kappa shape index (κ3) is 4.56. The molecule has 3 fully saturated rings. The van der Waals surface area contributed by atoms with Gasteiger partial charge in [-0.2, -0.15) is 0 Å². The number of carbonyl (C=O) groups is 2. The first-order chi connectivity index (χ1) is 14.4. The zero-order chi connectivity index (χ0) is 23.1. The van der Waals surface area contributed by atoms with Gasteiger partial charge in [-0.05, 0) is 63.4 Å². The molecule has 0 unspecified atom stereocenters. The van der Waals surface area contributed by atoms with Gasteiger partial charge in [-0.3, -0.25) is 9.59 Å². The number of hydrogen-bond donors (Lipinski definition) is 0. The summed E-state index contributed by atoms with van der Waals surface area (Å²) in [7, 11) is 1.69. The molecular weight excluding hydrogens is 396 g/mol. The van der Waals surface area contributed by atoms with Crippen molar-refractivity contribution >= 4 is 11.9 Å². The fraction of sp³-hybridized carbons (Fsp3) is 0.840. The number of methoxy groups -OCH3 is 1. The van der Waals surface area contributed by atoms with E-state index in [4.69, 9.17) is 18.9 Å². The fourth-order valence-corrected chi connectivity index (χ4v) is 6.73. The van der Waals surface area contributed by atoms with E-state index in [9.17, 15) is 9.59 Å². The average molecular weight is 437 g/mol. The highest BCUT2D eigenvalue weighted by Crippen LogP contribution is 2.58. The lowest BCUT2D eigenvalue weighted by Crippen LogP contribution is -2.56. The van der Waals surface area contributed by atoms with Crippen LogP contribution in [0.4, 0.5) is 0 Å². The molecule has 6 heteroatoms. The van der Waals surface area contributed by atoms with E-state index in [1.165, 1.54) is 13.8 Å². The molecule has 1 saturated carbocycles. The van der Waals surface area contributed by atoms with Crippen molar-refractivity contribution in [3.8, 4) is 0 Å². The Morgan fingerprint density at radius 2 is 1.65 bits per heavy atom. The monoisotopic (exact) mass is 436 g/mol. The van der Waals surface area contributed by atoms with Gasteiger partial charge in [0.1, 0.15) is 17.3 Å². The molecule has 0 aromatic carbocycles. The van der Waals surface area contributed by atoms with Gasteiger partial charge in [-0.25, -0.2) is 0 Å². The van der Waals surface area contributed by atoms with Gasteiger partial charge in [-0.1, -0.05) is 20.4 Å². The van der Waals surface area contributed by atoms with E-state index in [1.807, 2.05) is 13.8 Å². The van der Waals surface area contributed by atoms with E-state index in [2.05, 4.69) is 20.4 Å². The van der Waals surface area contributed by atoms with Crippen molar-refractivity contribution in [1.82, 2.24) is 0 Å². The molecule has 2 saturated heterocycles. The summed E-state index contributed by atoms with van der Waals surface area (Å²) in [5.74, 6) is 0.389. The fourth-order valence-electron chi connectivity index (χ4n) is 6.73. The van der Waals surface area contributed by atoms with E-state index >= 15 is 0 Å². The minimum atomic E-state index is -0.785. The van der Waals surface area contributed by atoms with Crippen molar-refractivity contribution in [1.29, 1.82) is 0 Å².